The molecular weight excluding hydrogens is 252 g/mol. The molecule has 3 heteroatoms. The topological polar surface area (TPSA) is 18.5 Å². The maximum Gasteiger partial charge on any atom is 0.399 e. The van der Waals surface area contributed by atoms with Gasteiger partial charge in [0.1, 0.15) is 0 Å². The van der Waals surface area contributed by atoms with Gasteiger partial charge in [-0.25, -0.2) is 0 Å². The summed E-state index contributed by atoms with van der Waals surface area (Å²) >= 11 is 0. The van der Waals surface area contributed by atoms with Crippen molar-refractivity contribution in [2.45, 2.75) is 0 Å². The van der Waals surface area contributed by atoms with Crippen molar-refractivity contribution in [3.05, 3.63) is 71.9 Å². The van der Waals surface area contributed by atoms with Crippen LogP contribution in [0.5, 0.6) is 0 Å². The van der Waals surface area contributed by atoms with Crippen molar-refractivity contribution in [3.8, 4) is 0 Å². The van der Waals surface area contributed by atoms with Crippen molar-refractivity contribution in [1.29, 1.82) is 0 Å². The molecule has 98 valence electrons. The number of hydrogen-bond donors (Lipinski definition) is 0. The molecule has 0 saturated carbocycles. The maximum absolute atomic E-state index is 5.72. The molecule has 0 aliphatic carbocycles. The van der Waals surface area contributed by atoms with Gasteiger partial charge >= 0.3 is 8.56 Å². The van der Waals surface area contributed by atoms with Gasteiger partial charge in [-0.2, -0.15) is 0 Å². The minimum atomic E-state index is -2.48. The molecule has 0 aromatic heterocycles. The van der Waals surface area contributed by atoms with Crippen LogP contribution in [0.3, 0.4) is 0 Å². The first kappa shape index (κ1) is 13.7. The Bertz CT molecular complexity index is 519. The molecule has 0 aliphatic rings. The SMILES string of the molecule is CO[Si](C=Cc1ccccc1)(OC)c1ccccc1. The Hall–Kier alpha value is -1.68. The van der Waals surface area contributed by atoms with E-state index >= 15 is 0 Å². The molecule has 2 nitrogen and oxygen atoms in total. The van der Waals surface area contributed by atoms with Crippen molar-refractivity contribution in [1.82, 2.24) is 0 Å². The van der Waals surface area contributed by atoms with Crippen LogP contribution in [0.25, 0.3) is 6.08 Å². The first-order valence-corrected chi connectivity index (χ1v) is 8.10. The van der Waals surface area contributed by atoms with E-state index in [4.69, 9.17) is 8.85 Å². The fraction of sp³-hybridized carbons (Fsp3) is 0.125. The Balaban J connectivity index is 2.33. The Kier molecular flexibility index (Phi) is 4.68. The average molecular weight is 270 g/mol. The summed E-state index contributed by atoms with van der Waals surface area (Å²) < 4.78 is 11.4. The van der Waals surface area contributed by atoms with Gasteiger partial charge < -0.3 is 8.85 Å². The molecule has 2 aromatic rings. The first-order valence-electron chi connectivity index (χ1n) is 6.21. The molecular formula is C16H18O2Si. The number of rotatable bonds is 5. The van der Waals surface area contributed by atoms with Crippen LogP contribution in [-0.4, -0.2) is 22.8 Å². The van der Waals surface area contributed by atoms with E-state index in [9.17, 15) is 0 Å². The smallest absolute Gasteiger partial charge is 0.391 e. The molecule has 0 bridgehead atoms. The van der Waals surface area contributed by atoms with Gasteiger partial charge in [0.15, 0.2) is 0 Å². The van der Waals surface area contributed by atoms with Crippen LogP contribution in [0.15, 0.2) is 66.4 Å². The minimum absolute atomic E-state index is 1.10. The third-order valence-corrected chi connectivity index (χ3v) is 6.03. The lowest BCUT2D eigenvalue weighted by atomic mass is 10.2. The molecule has 2 aromatic carbocycles. The van der Waals surface area contributed by atoms with Crippen molar-refractivity contribution in [2.24, 2.45) is 0 Å². The van der Waals surface area contributed by atoms with Crippen molar-refractivity contribution in [2.75, 3.05) is 14.2 Å². The zero-order valence-electron chi connectivity index (χ0n) is 11.2. The van der Waals surface area contributed by atoms with E-state index in [2.05, 4.69) is 36.0 Å². The molecule has 0 radical (unpaired) electrons. The molecule has 0 unspecified atom stereocenters. The molecule has 0 saturated heterocycles. The van der Waals surface area contributed by atoms with Crippen LogP contribution in [0.2, 0.25) is 0 Å². The molecule has 0 heterocycles. The van der Waals surface area contributed by atoms with Crippen LogP contribution < -0.4 is 5.19 Å². The average Bonchev–Trinajstić information content (AvgIpc) is 2.51. The van der Waals surface area contributed by atoms with E-state index in [0.717, 1.165) is 10.8 Å². The Morgan fingerprint density at radius 2 is 1.32 bits per heavy atom. The van der Waals surface area contributed by atoms with E-state index in [-0.39, 0.29) is 0 Å². The summed E-state index contributed by atoms with van der Waals surface area (Å²) in [6.07, 6.45) is 2.06. The molecule has 19 heavy (non-hydrogen) atoms. The van der Waals surface area contributed by atoms with Gasteiger partial charge in [-0.15, -0.1) is 0 Å². The quantitative estimate of drug-likeness (QED) is 0.778. The largest absolute Gasteiger partial charge is 0.399 e. The van der Waals surface area contributed by atoms with Gasteiger partial charge in [-0.3, -0.25) is 0 Å². The highest BCUT2D eigenvalue weighted by Crippen LogP contribution is 2.11. The Morgan fingerprint density at radius 1 is 0.789 bits per heavy atom. The summed E-state index contributed by atoms with van der Waals surface area (Å²) in [6.45, 7) is 0. The summed E-state index contributed by atoms with van der Waals surface area (Å²) in [5.74, 6) is 0. The number of hydrogen-bond acceptors (Lipinski definition) is 2. The van der Waals surface area contributed by atoms with Crippen LogP contribution in [-0.2, 0) is 8.85 Å². The Morgan fingerprint density at radius 3 is 1.84 bits per heavy atom. The zero-order chi connectivity index (χ0) is 13.6. The second-order valence-corrected chi connectivity index (χ2v) is 7.25. The highest BCUT2D eigenvalue weighted by Gasteiger charge is 2.34. The molecule has 0 fully saturated rings. The van der Waals surface area contributed by atoms with E-state index in [0.29, 0.717) is 0 Å². The highest BCUT2D eigenvalue weighted by molar-refractivity contribution is 6.86. The summed E-state index contributed by atoms with van der Waals surface area (Å²) in [6, 6.07) is 20.3. The maximum atomic E-state index is 5.72. The van der Waals surface area contributed by atoms with Crippen LogP contribution in [0.4, 0.5) is 0 Å². The number of benzene rings is 2. The summed E-state index contributed by atoms with van der Waals surface area (Å²) in [5.41, 5.74) is 3.21. The monoisotopic (exact) mass is 270 g/mol. The van der Waals surface area contributed by atoms with Gasteiger partial charge in [0, 0.05) is 14.2 Å². The van der Waals surface area contributed by atoms with Gasteiger partial charge in [0.2, 0.25) is 0 Å². The standard InChI is InChI=1S/C16H18O2Si/c1-17-19(18-2,16-11-7-4-8-12-16)14-13-15-9-5-3-6-10-15/h3-14H,1-2H3. The fourth-order valence-electron chi connectivity index (χ4n) is 1.99. The molecule has 0 N–H and O–H groups in total. The third kappa shape index (κ3) is 3.20. The second-order valence-electron chi connectivity index (χ2n) is 4.19. The molecule has 0 atom stereocenters. The molecule has 2 rings (SSSR count). The Labute approximate surface area is 115 Å². The second kappa shape index (κ2) is 6.47. The molecule has 0 spiro atoms. The lowest BCUT2D eigenvalue weighted by molar-refractivity contribution is 0.271. The summed E-state index contributed by atoms with van der Waals surface area (Å²) in [4.78, 5) is 0. The predicted molar refractivity (Wildman–Crippen MR) is 81.3 cm³/mol. The minimum Gasteiger partial charge on any atom is -0.391 e. The molecule has 0 amide bonds. The lowest BCUT2D eigenvalue weighted by Crippen LogP contribution is -2.50. The lowest BCUT2D eigenvalue weighted by Gasteiger charge is -2.24. The van der Waals surface area contributed by atoms with E-state index in [1.54, 1.807) is 14.2 Å². The van der Waals surface area contributed by atoms with Gasteiger partial charge in [0.05, 0.1) is 0 Å². The zero-order valence-corrected chi connectivity index (χ0v) is 12.2. The normalized spacial score (nSPS) is 11.9. The highest BCUT2D eigenvalue weighted by atomic mass is 28.4. The molecule has 0 aliphatic heterocycles. The summed E-state index contributed by atoms with van der Waals surface area (Å²) in [5, 5.41) is 1.10. The van der Waals surface area contributed by atoms with Gasteiger partial charge in [-0.1, -0.05) is 66.7 Å². The van der Waals surface area contributed by atoms with Crippen molar-refractivity contribution >= 4 is 19.8 Å². The van der Waals surface area contributed by atoms with E-state index < -0.39 is 8.56 Å². The van der Waals surface area contributed by atoms with Gasteiger partial charge in [0.25, 0.3) is 0 Å². The van der Waals surface area contributed by atoms with Crippen molar-refractivity contribution in [3.63, 3.8) is 0 Å². The van der Waals surface area contributed by atoms with Crippen LogP contribution >= 0.6 is 0 Å². The fourth-order valence-corrected chi connectivity index (χ4v) is 4.16. The van der Waals surface area contributed by atoms with Gasteiger partial charge in [-0.05, 0) is 16.4 Å². The predicted octanol–water partition coefficient (Wildman–Crippen LogP) is 2.88. The third-order valence-electron chi connectivity index (χ3n) is 3.08. The van der Waals surface area contributed by atoms with E-state index in [1.165, 1.54) is 0 Å². The van der Waals surface area contributed by atoms with Crippen LogP contribution in [0, 0.1) is 0 Å². The van der Waals surface area contributed by atoms with Crippen LogP contribution in [0.1, 0.15) is 5.56 Å². The van der Waals surface area contributed by atoms with E-state index in [1.807, 2.05) is 36.4 Å². The first-order chi connectivity index (χ1) is 9.30. The summed E-state index contributed by atoms with van der Waals surface area (Å²) in [7, 11) is 0.930. The van der Waals surface area contributed by atoms with Crippen molar-refractivity contribution < 1.29 is 8.85 Å².